The van der Waals surface area contributed by atoms with Gasteiger partial charge in [0.05, 0.1) is 0 Å². The minimum Gasteiger partial charge on any atom is -0.212 e. The van der Waals surface area contributed by atoms with Crippen LogP contribution < -0.4 is 0 Å². The Morgan fingerprint density at radius 3 is 2.73 bits per heavy atom. The van der Waals surface area contributed by atoms with Crippen molar-refractivity contribution in [1.29, 1.82) is 0 Å². The molecule has 0 atom stereocenters. The van der Waals surface area contributed by atoms with Crippen molar-refractivity contribution in [3.63, 3.8) is 0 Å². The van der Waals surface area contributed by atoms with Crippen LogP contribution in [0.15, 0.2) is 23.6 Å². The third kappa shape index (κ3) is 2.87. The number of unbranched alkanes of at least 4 members (excludes halogenated alkanes) is 1. The average molecular weight is 154 g/mol. The van der Waals surface area contributed by atoms with E-state index in [0.717, 1.165) is 12.8 Å². The molecule has 0 bridgehead atoms. The fraction of sp³-hybridized carbons (Fsp3) is 0.600. The standard InChI is InChI=1S/C10H15F/c1-2-3-4-9-5-7-10(11)8-6-9/h5,7H,2-4,6,8H2,1H3. The monoisotopic (exact) mass is 154 g/mol. The topological polar surface area (TPSA) is 0 Å². The van der Waals surface area contributed by atoms with Gasteiger partial charge in [0.15, 0.2) is 0 Å². The van der Waals surface area contributed by atoms with Crippen molar-refractivity contribution in [1.82, 2.24) is 0 Å². The fourth-order valence-corrected chi connectivity index (χ4v) is 1.27. The summed E-state index contributed by atoms with van der Waals surface area (Å²) in [7, 11) is 0. The predicted octanol–water partition coefficient (Wildman–Crippen LogP) is 3.75. The Morgan fingerprint density at radius 1 is 1.36 bits per heavy atom. The third-order valence-electron chi connectivity index (χ3n) is 2.04. The first-order chi connectivity index (χ1) is 5.33. The smallest absolute Gasteiger partial charge is 0.100 e. The SMILES string of the molecule is CCCCC1=CC=C(F)CC1. The summed E-state index contributed by atoms with van der Waals surface area (Å²) in [5.74, 6) is 0.0326. The van der Waals surface area contributed by atoms with Gasteiger partial charge in [0.25, 0.3) is 0 Å². The Hall–Kier alpha value is -0.590. The lowest BCUT2D eigenvalue weighted by Gasteiger charge is -2.08. The molecule has 0 fully saturated rings. The van der Waals surface area contributed by atoms with E-state index in [1.807, 2.05) is 6.08 Å². The number of allylic oxidation sites excluding steroid dienone is 4. The van der Waals surface area contributed by atoms with Crippen molar-refractivity contribution >= 4 is 0 Å². The highest BCUT2D eigenvalue weighted by molar-refractivity contribution is 5.20. The van der Waals surface area contributed by atoms with Gasteiger partial charge in [-0.15, -0.1) is 0 Å². The molecule has 0 aromatic rings. The van der Waals surface area contributed by atoms with E-state index < -0.39 is 0 Å². The maximum atomic E-state index is 12.5. The van der Waals surface area contributed by atoms with Crippen molar-refractivity contribution in [2.24, 2.45) is 0 Å². The molecular formula is C10H15F. The second-order valence-corrected chi connectivity index (χ2v) is 3.04. The van der Waals surface area contributed by atoms with E-state index in [9.17, 15) is 4.39 Å². The van der Waals surface area contributed by atoms with Crippen molar-refractivity contribution in [2.45, 2.75) is 39.0 Å². The molecule has 11 heavy (non-hydrogen) atoms. The number of halogens is 1. The van der Waals surface area contributed by atoms with E-state index >= 15 is 0 Å². The Balaban J connectivity index is 2.35. The molecule has 0 aliphatic heterocycles. The molecule has 1 rings (SSSR count). The highest BCUT2D eigenvalue weighted by Gasteiger charge is 2.04. The molecule has 1 aliphatic rings. The summed E-state index contributed by atoms with van der Waals surface area (Å²) in [6, 6.07) is 0. The van der Waals surface area contributed by atoms with Gasteiger partial charge in [-0.2, -0.15) is 0 Å². The Morgan fingerprint density at radius 2 is 2.18 bits per heavy atom. The minimum atomic E-state index is 0.0326. The van der Waals surface area contributed by atoms with Crippen LogP contribution in [0.2, 0.25) is 0 Å². The first kappa shape index (κ1) is 8.51. The normalized spacial score (nSPS) is 17.6. The number of hydrogen-bond acceptors (Lipinski definition) is 0. The van der Waals surface area contributed by atoms with Crippen molar-refractivity contribution in [3.05, 3.63) is 23.6 Å². The molecule has 0 heterocycles. The summed E-state index contributed by atoms with van der Waals surface area (Å²) >= 11 is 0. The van der Waals surface area contributed by atoms with Gasteiger partial charge in [-0.05, 0) is 25.3 Å². The number of rotatable bonds is 3. The van der Waals surface area contributed by atoms with Gasteiger partial charge in [0.1, 0.15) is 5.83 Å². The van der Waals surface area contributed by atoms with E-state index in [1.54, 1.807) is 6.08 Å². The zero-order valence-corrected chi connectivity index (χ0v) is 7.07. The molecule has 1 aliphatic carbocycles. The van der Waals surface area contributed by atoms with Crippen LogP contribution in [-0.4, -0.2) is 0 Å². The summed E-state index contributed by atoms with van der Waals surface area (Å²) in [5, 5.41) is 0. The first-order valence-electron chi connectivity index (χ1n) is 4.37. The lowest BCUT2D eigenvalue weighted by molar-refractivity contribution is 0.575. The molecule has 0 aromatic heterocycles. The predicted molar refractivity (Wildman–Crippen MR) is 46.0 cm³/mol. The van der Waals surface area contributed by atoms with Crippen LogP contribution in [-0.2, 0) is 0 Å². The molecule has 0 radical (unpaired) electrons. The van der Waals surface area contributed by atoms with E-state index in [4.69, 9.17) is 0 Å². The Labute approximate surface area is 67.8 Å². The molecule has 0 amide bonds. The van der Waals surface area contributed by atoms with Crippen LogP contribution in [0.3, 0.4) is 0 Å². The minimum absolute atomic E-state index is 0.0326. The molecule has 0 saturated heterocycles. The third-order valence-corrected chi connectivity index (χ3v) is 2.04. The van der Waals surface area contributed by atoms with Crippen LogP contribution in [0.1, 0.15) is 39.0 Å². The number of hydrogen-bond donors (Lipinski definition) is 0. The molecule has 0 unspecified atom stereocenters. The Bertz CT molecular complexity index is 177. The average Bonchev–Trinajstić information content (AvgIpc) is 2.04. The molecule has 0 aromatic carbocycles. The zero-order valence-electron chi connectivity index (χ0n) is 7.07. The summed E-state index contributed by atoms with van der Waals surface area (Å²) in [6.45, 7) is 2.18. The molecule has 0 spiro atoms. The molecule has 1 heteroatoms. The molecule has 0 nitrogen and oxygen atoms in total. The van der Waals surface area contributed by atoms with Crippen LogP contribution in [0.4, 0.5) is 4.39 Å². The highest BCUT2D eigenvalue weighted by Crippen LogP contribution is 2.22. The van der Waals surface area contributed by atoms with Gasteiger partial charge in [-0.3, -0.25) is 0 Å². The van der Waals surface area contributed by atoms with E-state index in [1.165, 1.54) is 18.4 Å². The van der Waals surface area contributed by atoms with Crippen LogP contribution in [0.5, 0.6) is 0 Å². The van der Waals surface area contributed by atoms with E-state index in [-0.39, 0.29) is 5.83 Å². The van der Waals surface area contributed by atoms with Gasteiger partial charge in [-0.1, -0.05) is 25.0 Å². The van der Waals surface area contributed by atoms with Gasteiger partial charge >= 0.3 is 0 Å². The van der Waals surface area contributed by atoms with E-state index in [2.05, 4.69) is 6.92 Å². The van der Waals surface area contributed by atoms with Crippen LogP contribution in [0, 0.1) is 0 Å². The summed E-state index contributed by atoms with van der Waals surface area (Å²) in [4.78, 5) is 0. The second kappa shape index (κ2) is 4.32. The summed E-state index contributed by atoms with van der Waals surface area (Å²) < 4.78 is 12.5. The summed E-state index contributed by atoms with van der Waals surface area (Å²) in [6.07, 6.45) is 8.71. The molecule has 0 N–H and O–H groups in total. The van der Waals surface area contributed by atoms with Gasteiger partial charge < -0.3 is 0 Å². The van der Waals surface area contributed by atoms with Gasteiger partial charge in [0, 0.05) is 6.42 Å². The zero-order chi connectivity index (χ0) is 8.10. The van der Waals surface area contributed by atoms with E-state index in [0.29, 0.717) is 6.42 Å². The maximum absolute atomic E-state index is 12.5. The lowest BCUT2D eigenvalue weighted by atomic mass is 9.99. The maximum Gasteiger partial charge on any atom is 0.100 e. The van der Waals surface area contributed by atoms with Crippen molar-refractivity contribution < 1.29 is 4.39 Å². The second-order valence-electron chi connectivity index (χ2n) is 3.04. The molecular weight excluding hydrogens is 139 g/mol. The molecule has 62 valence electrons. The summed E-state index contributed by atoms with van der Waals surface area (Å²) in [5.41, 5.74) is 1.41. The van der Waals surface area contributed by atoms with Gasteiger partial charge in [0.2, 0.25) is 0 Å². The first-order valence-corrected chi connectivity index (χ1v) is 4.37. The van der Waals surface area contributed by atoms with Crippen LogP contribution in [0.25, 0.3) is 0 Å². The van der Waals surface area contributed by atoms with Crippen LogP contribution >= 0.6 is 0 Å². The lowest BCUT2D eigenvalue weighted by Crippen LogP contribution is -1.90. The Kier molecular flexibility index (Phi) is 3.34. The largest absolute Gasteiger partial charge is 0.212 e. The van der Waals surface area contributed by atoms with Crippen molar-refractivity contribution in [2.75, 3.05) is 0 Å². The fourth-order valence-electron chi connectivity index (χ4n) is 1.27. The van der Waals surface area contributed by atoms with Crippen molar-refractivity contribution in [3.8, 4) is 0 Å². The molecule has 0 saturated carbocycles. The highest BCUT2D eigenvalue weighted by atomic mass is 19.1. The quantitative estimate of drug-likeness (QED) is 0.580. The van der Waals surface area contributed by atoms with Gasteiger partial charge in [-0.25, -0.2) is 4.39 Å².